The average Bonchev–Trinajstić information content (AvgIpc) is 3.21. The molecule has 124 valence electrons. The summed E-state index contributed by atoms with van der Waals surface area (Å²) in [7, 11) is 0. The van der Waals surface area contributed by atoms with Crippen LogP contribution in [-0.2, 0) is 4.79 Å². The Hall–Kier alpha value is -1.65. The first kappa shape index (κ1) is 14.9. The number of hydrogen-bond acceptors (Lipinski definition) is 3. The summed E-state index contributed by atoms with van der Waals surface area (Å²) in [6, 6.07) is 1.90. The number of nitrogens with zero attached hydrogens (tertiary/aromatic N) is 1. The Kier molecular flexibility index (Phi) is 3.95. The fourth-order valence-electron chi connectivity index (χ4n) is 4.00. The van der Waals surface area contributed by atoms with E-state index in [4.69, 9.17) is 0 Å². The fourth-order valence-corrected chi connectivity index (χ4v) is 4.00. The lowest BCUT2D eigenvalue weighted by Crippen LogP contribution is -2.44. The summed E-state index contributed by atoms with van der Waals surface area (Å²) >= 11 is 0. The molecule has 0 aromatic carbocycles. The van der Waals surface area contributed by atoms with E-state index < -0.39 is 0 Å². The largest absolute Gasteiger partial charge is 0.353 e. The maximum absolute atomic E-state index is 12.1. The van der Waals surface area contributed by atoms with Crippen molar-refractivity contribution in [3.63, 3.8) is 0 Å². The number of amides is 1. The summed E-state index contributed by atoms with van der Waals surface area (Å²) in [4.78, 5) is 31.4. The molecule has 2 N–H and O–H groups in total. The Labute approximate surface area is 136 Å². The topological polar surface area (TPSA) is 74.8 Å². The lowest BCUT2D eigenvalue weighted by atomic mass is 9.78. The second-order valence-electron chi connectivity index (χ2n) is 7.62. The lowest BCUT2D eigenvalue weighted by molar-refractivity contribution is -0.123. The summed E-state index contributed by atoms with van der Waals surface area (Å²) in [6.45, 7) is 0. The van der Waals surface area contributed by atoms with E-state index in [9.17, 15) is 9.59 Å². The molecule has 1 aromatic rings. The lowest BCUT2D eigenvalue weighted by Gasteiger charge is -2.35. The Balaban J connectivity index is 1.29. The van der Waals surface area contributed by atoms with E-state index in [1.54, 1.807) is 6.07 Å². The van der Waals surface area contributed by atoms with Crippen molar-refractivity contribution < 1.29 is 4.79 Å². The van der Waals surface area contributed by atoms with Gasteiger partial charge in [0, 0.05) is 30.4 Å². The van der Waals surface area contributed by atoms with Crippen LogP contribution in [0.3, 0.4) is 0 Å². The van der Waals surface area contributed by atoms with Gasteiger partial charge in [-0.1, -0.05) is 12.8 Å². The Morgan fingerprint density at radius 3 is 2.61 bits per heavy atom. The third kappa shape index (κ3) is 3.48. The third-order valence-electron chi connectivity index (χ3n) is 5.61. The predicted molar refractivity (Wildman–Crippen MR) is 87.3 cm³/mol. The zero-order chi connectivity index (χ0) is 15.8. The van der Waals surface area contributed by atoms with Crippen LogP contribution in [0.25, 0.3) is 0 Å². The van der Waals surface area contributed by atoms with Crippen molar-refractivity contribution in [2.24, 2.45) is 5.92 Å². The van der Waals surface area contributed by atoms with E-state index in [2.05, 4.69) is 15.3 Å². The molecule has 3 aliphatic rings. The second-order valence-corrected chi connectivity index (χ2v) is 7.62. The van der Waals surface area contributed by atoms with Gasteiger partial charge < -0.3 is 10.3 Å². The molecule has 23 heavy (non-hydrogen) atoms. The number of carbonyl (C=O) groups is 1. The smallest absolute Gasteiger partial charge is 0.251 e. The Bertz CT molecular complexity index is 638. The minimum absolute atomic E-state index is 0.0365. The first-order chi connectivity index (χ1) is 11.2. The molecule has 0 unspecified atom stereocenters. The van der Waals surface area contributed by atoms with Gasteiger partial charge in [-0.2, -0.15) is 0 Å². The average molecular weight is 315 g/mol. The number of hydrogen-bond donors (Lipinski definition) is 2. The van der Waals surface area contributed by atoms with Gasteiger partial charge in [0.15, 0.2) is 0 Å². The summed E-state index contributed by atoms with van der Waals surface area (Å²) < 4.78 is 0. The van der Waals surface area contributed by atoms with Gasteiger partial charge >= 0.3 is 0 Å². The molecule has 0 aliphatic heterocycles. The molecule has 0 spiro atoms. The van der Waals surface area contributed by atoms with Crippen LogP contribution >= 0.6 is 0 Å². The molecule has 0 atom stereocenters. The molecule has 5 heteroatoms. The third-order valence-corrected chi connectivity index (χ3v) is 5.61. The first-order valence-electron chi connectivity index (χ1n) is 9.08. The molecule has 0 bridgehead atoms. The van der Waals surface area contributed by atoms with Crippen molar-refractivity contribution in [3.05, 3.63) is 27.9 Å². The number of carbonyl (C=O) groups excluding carboxylic acids is 1. The van der Waals surface area contributed by atoms with Crippen LogP contribution in [-0.4, -0.2) is 21.9 Å². The van der Waals surface area contributed by atoms with Crippen molar-refractivity contribution in [1.29, 1.82) is 0 Å². The monoisotopic (exact) mass is 315 g/mol. The van der Waals surface area contributed by atoms with Gasteiger partial charge in [0.1, 0.15) is 5.82 Å². The van der Waals surface area contributed by atoms with Crippen molar-refractivity contribution in [1.82, 2.24) is 15.3 Å². The van der Waals surface area contributed by atoms with Crippen molar-refractivity contribution in [3.8, 4) is 0 Å². The number of nitrogens with one attached hydrogen (secondary N) is 2. The molecule has 0 radical (unpaired) electrons. The highest BCUT2D eigenvalue weighted by Crippen LogP contribution is 2.40. The minimum Gasteiger partial charge on any atom is -0.353 e. The molecule has 1 amide bonds. The van der Waals surface area contributed by atoms with Gasteiger partial charge in [-0.25, -0.2) is 4.98 Å². The van der Waals surface area contributed by atoms with Crippen LogP contribution in [0.15, 0.2) is 10.9 Å². The van der Waals surface area contributed by atoms with Gasteiger partial charge in [-0.05, 0) is 44.4 Å². The van der Waals surface area contributed by atoms with Crippen LogP contribution in [0.1, 0.15) is 81.1 Å². The number of H-pyrrole nitrogens is 1. The minimum atomic E-state index is -0.0365. The fraction of sp³-hybridized carbons (Fsp3) is 0.722. The van der Waals surface area contributed by atoms with Crippen molar-refractivity contribution in [2.45, 2.75) is 75.7 Å². The van der Waals surface area contributed by atoms with E-state index in [0.29, 0.717) is 24.2 Å². The number of aromatic amines is 1. The van der Waals surface area contributed by atoms with Gasteiger partial charge in [0.2, 0.25) is 5.91 Å². The van der Waals surface area contributed by atoms with Crippen LogP contribution in [0.5, 0.6) is 0 Å². The van der Waals surface area contributed by atoms with Gasteiger partial charge in [-0.3, -0.25) is 9.59 Å². The summed E-state index contributed by atoms with van der Waals surface area (Å²) in [6.07, 6.45) is 9.77. The van der Waals surface area contributed by atoms with E-state index in [0.717, 1.165) is 37.2 Å². The van der Waals surface area contributed by atoms with Crippen molar-refractivity contribution >= 4 is 5.91 Å². The Morgan fingerprint density at radius 1 is 1.17 bits per heavy atom. The molecule has 4 rings (SSSR count). The standard InChI is InChI=1S/C18H25N3O2/c22-16(7-11-3-1-2-4-11)19-14-8-13(9-14)15-10-17(23)21-18(20-15)12-5-6-12/h10-14H,1-9H2,(H,19,22)(H,20,21,23). The van der Waals surface area contributed by atoms with E-state index >= 15 is 0 Å². The first-order valence-corrected chi connectivity index (χ1v) is 9.08. The molecule has 3 saturated carbocycles. The normalized spacial score (nSPS) is 27.7. The van der Waals surface area contributed by atoms with Gasteiger partial charge in [0.25, 0.3) is 5.56 Å². The molecule has 3 fully saturated rings. The highest BCUT2D eigenvalue weighted by molar-refractivity contribution is 5.76. The molecule has 1 aromatic heterocycles. The quantitative estimate of drug-likeness (QED) is 0.877. The Morgan fingerprint density at radius 2 is 1.91 bits per heavy atom. The molecule has 3 aliphatic carbocycles. The maximum atomic E-state index is 12.1. The molecule has 1 heterocycles. The highest BCUT2D eigenvalue weighted by atomic mass is 16.1. The van der Waals surface area contributed by atoms with Crippen molar-refractivity contribution in [2.75, 3.05) is 0 Å². The number of aromatic nitrogens is 2. The summed E-state index contributed by atoms with van der Waals surface area (Å²) in [5.41, 5.74) is 0.877. The molecule has 5 nitrogen and oxygen atoms in total. The highest BCUT2D eigenvalue weighted by Gasteiger charge is 2.34. The zero-order valence-corrected chi connectivity index (χ0v) is 13.5. The zero-order valence-electron chi connectivity index (χ0n) is 13.5. The summed E-state index contributed by atoms with van der Waals surface area (Å²) in [5, 5.41) is 3.15. The summed E-state index contributed by atoms with van der Waals surface area (Å²) in [5.74, 6) is 2.46. The van der Waals surface area contributed by atoms with Crippen LogP contribution in [0.2, 0.25) is 0 Å². The second kappa shape index (κ2) is 6.10. The maximum Gasteiger partial charge on any atom is 0.251 e. The van der Waals surface area contributed by atoms with E-state index in [-0.39, 0.29) is 17.5 Å². The van der Waals surface area contributed by atoms with Crippen LogP contribution in [0, 0.1) is 5.92 Å². The van der Waals surface area contributed by atoms with E-state index in [1.165, 1.54) is 25.7 Å². The SMILES string of the molecule is O=C(CC1CCCC1)NC1CC(c2cc(=O)[nH]c(C3CC3)n2)C1. The van der Waals surface area contributed by atoms with Crippen LogP contribution in [0.4, 0.5) is 0 Å². The molecule has 0 saturated heterocycles. The molecular formula is C18H25N3O2. The number of rotatable bonds is 5. The van der Waals surface area contributed by atoms with Crippen LogP contribution < -0.4 is 10.9 Å². The van der Waals surface area contributed by atoms with Gasteiger partial charge in [-0.15, -0.1) is 0 Å². The van der Waals surface area contributed by atoms with E-state index in [1.807, 2.05) is 0 Å². The molecular weight excluding hydrogens is 290 g/mol. The predicted octanol–water partition coefficient (Wildman–Crippen LogP) is 2.59. The van der Waals surface area contributed by atoms with Gasteiger partial charge in [0.05, 0.1) is 5.69 Å².